The van der Waals surface area contributed by atoms with Crippen LogP contribution >= 0.6 is 27.5 Å². The monoisotopic (exact) mass is 292 g/mol. The van der Waals surface area contributed by atoms with Gasteiger partial charge in [-0.05, 0) is 33.6 Å². The Bertz CT molecular complexity index is 433. The van der Waals surface area contributed by atoms with Crippen molar-refractivity contribution in [2.75, 3.05) is 13.9 Å². The molecule has 0 N–H and O–H groups in total. The lowest BCUT2D eigenvalue weighted by Crippen LogP contribution is -1.95. The van der Waals surface area contributed by atoms with Crippen molar-refractivity contribution >= 4 is 32.8 Å². The van der Waals surface area contributed by atoms with E-state index in [2.05, 4.69) is 15.9 Å². The average molecular weight is 294 g/mol. The van der Waals surface area contributed by atoms with Crippen molar-refractivity contribution in [1.82, 2.24) is 0 Å². The highest BCUT2D eigenvalue weighted by molar-refractivity contribution is 9.10. The predicted octanol–water partition coefficient (Wildman–Crippen LogP) is 2.57. The first-order chi connectivity index (χ1) is 7.15. The fourth-order valence-electron chi connectivity index (χ4n) is 1.31. The first-order valence-corrected chi connectivity index (χ1v) is 5.18. The fourth-order valence-corrected chi connectivity index (χ4v) is 2.21. The predicted molar refractivity (Wildman–Crippen MR) is 57.0 cm³/mol. The van der Waals surface area contributed by atoms with Crippen LogP contribution in [0, 0.1) is 0 Å². The zero-order chi connectivity index (χ0) is 11.0. The Balaban J connectivity index is 2.67. The molecule has 1 aliphatic rings. The van der Waals surface area contributed by atoms with Crippen molar-refractivity contribution in [2.45, 2.75) is 0 Å². The van der Waals surface area contributed by atoms with Gasteiger partial charge in [0.05, 0.1) is 17.1 Å². The Morgan fingerprint density at radius 2 is 2.33 bits per heavy atom. The molecule has 15 heavy (non-hydrogen) atoms. The van der Waals surface area contributed by atoms with Gasteiger partial charge in [0, 0.05) is 0 Å². The van der Waals surface area contributed by atoms with Crippen molar-refractivity contribution in [1.29, 1.82) is 0 Å². The van der Waals surface area contributed by atoms with Crippen LogP contribution in [0.15, 0.2) is 10.5 Å². The second kappa shape index (κ2) is 3.90. The first kappa shape index (κ1) is 10.6. The molecule has 0 amide bonds. The van der Waals surface area contributed by atoms with E-state index in [-0.39, 0.29) is 12.4 Å². The molecule has 0 radical (unpaired) electrons. The summed E-state index contributed by atoms with van der Waals surface area (Å²) in [6, 6.07) is 1.52. The second-order valence-corrected chi connectivity index (χ2v) is 3.92. The number of halogens is 2. The summed E-state index contributed by atoms with van der Waals surface area (Å²) < 4.78 is 15.9. The number of carbonyl (C=O) groups excluding carboxylic acids is 1. The van der Waals surface area contributed by atoms with Crippen molar-refractivity contribution in [3.05, 3.63) is 16.1 Å². The van der Waals surface area contributed by atoms with Crippen LogP contribution in [0.1, 0.15) is 10.4 Å². The van der Waals surface area contributed by atoms with Crippen molar-refractivity contribution < 1.29 is 19.0 Å². The molecule has 80 valence electrons. The molecule has 2 rings (SSSR count). The number of fused-ring (bicyclic) bond motifs is 1. The number of methoxy groups -OCH3 is 1. The molecule has 0 atom stereocenters. The van der Waals surface area contributed by atoms with Gasteiger partial charge in [0.25, 0.3) is 5.24 Å². The van der Waals surface area contributed by atoms with Gasteiger partial charge in [-0.15, -0.1) is 0 Å². The maximum Gasteiger partial charge on any atom is 0.253 e. The Hall–Kier alpha value is -0.940. The van der Waals surface area contributed by atoms with Crippen LogP contribution in [0.2, 0.25) is 0 Å². The number of rotatable bonds is 2. The van der Waals surface area contributed by atoms with Gasteiger partial charge >= 0.3 is 0 Å². The SMILES string of the molecule is COc1c(Br)c(C(=O)Cl)cc2c1OCO2. The van der Waals surface area contributed by atoms with Gasteiger partial charge in [-0.3, -0.25) is 4.79 Å². The van der Waals surface area contributed by atoms with Gasteiger partial charge in [-0.1, -0.05) is 0 Å². The highest BCUT2D eigenvalue weighted by atomic mass is 79.9. The number of hydrogen-bond donors (Lipinski definition) is 0. The van der Waals surface area contributed by atoms with Gasteiger partial charge in [-0.25, -0.2) is 0 Å². The van der Waals surface area contributed by atoms with Crippen LogP contribution in [0.5, 0.6) is 17.2 Å². The topological polar surface area (TPSA) is 44.8 Å². The van der Waals surface area contributed by atoms with E-state index < -0.39 is 5.24 Å². The minimum absolute atomic E-state index is 0.109. The minimum atomic E-state index is -0.585. The van der Waals surface area contributed by atoms with E-state index in [0.717, 1.165) is 0 Å². The standard InChI is InChI=1S/C9H6BrClO4/c1-13-8-6(10)4(9(11)12)2-5-7(8)15-3-14-5/h2H,3H2,1H3. The Kier molecular flexibility index (Phi) is 2.75. The highest BCUT2D eigenvalue weighted by Gasteiger charge is 2.26. The Morgan fingerprint density at radius 3 is 2.93 bits per heavy atom. The van der Waals surface area contributed by atoms with E-state index in [1.165, 1.54) is 13.2 Å². The highest BCUT2D eigenvalue weighted by Crippen LogP contribution is 2.47. The fraction of sp³-hybridized carbons (Fsp3) is 0.222. The maximum atomic E-state index is 11.1. The third-order valence-corrected chi connectivity index (χ3v) is 2.97. The van der Waals surface area contributed by atoms with E-state index in [4.69, 9.17) is 25.8 Å². The summed E-state index contributed by atoms with van der Waals surface area (Å²) in [7, 11) is 1.48. The molecule has 0 unspecified atom stereocenters. The molecule has 0 aliphatic carbocycles. The average Bonchev–Trinajstić information content (AvgIpc) is 2.64. The summed E-state index contributed by atoms with van der Waals surface area (Å²) >= 11 is 8.65. The van der Waals surface area contributed by atoms with Gasteiger partial charge in [0.2, 0.25) is 12.5 Å². The van der Waals surface area contributed by atoms with Crippen LogP contribution in [-0.4, -0.2) is 19.1 Å². The van der Waals surface area contributed by atoms with E-state index in [9.17, 15) is 4.79 Å². The molecule has 4 nitrogen and oxygen atoms in total. The molecule has 1 heterocycles. The molecule has 0 spiro atoms. The summed E-state index contributed by atoms with van der Waals surface area (Å²) in [5, 5.41) is -0.585. The van der Waals surface area contributed by atoms with Crippen molar-refractivity contribution in [3.8, 4) is 17.2 Å². The third-order valence-electron chi connectivity index (χ3n) is 1.97. The summed E-state index contributed by atoms with van der Waals surface area (Å²) in [5.74, 6) is 1.35. The number of hydrogen-bond acceptors (Lipinski definition) is 4. The third kappa shape index (κ3) is 1.66. The maximum absolute atomic E-state index is 11.1. The normalized spacial score (nSPS) is 12.7. The molecule has 0 saturated heterocycles. The molecular weight excluding hydrogens is 287 g/mol. The van der Waals surface area contributed by atoms with Crippen LogP contribution in [0.3, 0.4) is 0 Å². The second-order valence-electron chi connectivity index (χ2n) is 2.78. The molecule has 6 heteroatoms. The summed E-state index contributed by atoms with van der Waals surface area (Å²) in [4.78, 5) is 11.1. The van der Waals surface area contributed by atoms with E-state index in [1.807, 2.05) is 0 Å². The van der Waals surface area contributed by atoms with E-state index in [1.54, 1.807) is 0 Å². The molecule has 0 bridgehead atoms. The quantitative estimate of drug-likeness (QED) is 0.786. The summed E-state index contributed by atoms with van der Waals surface area (Å²) in [6.07, 6.45) is 0. The number of carbonyl (C=O) groups is 1. The first-order valence-electron chi connectivity index (χ1n) is 4.01. The molecule has 1 aromatic rings. The smallest absolute Gasteiger partial charge is 0.253 e. The lowest BCUT2D eigenvalue weighted by molar-refractivity contribution is 0.108. The largest absolute Gasteiger partial charge is 0.492 e. The number of benzene rings is 1. The number of ether oxygens (including phenoxy) is 3. The van der Waals surface area contributed by atoms with Crippen molar-refractivity contribution in [3.63, 3.8) is 0 Å². The minimum Gasteiger partial charge on any atom is -0.492 e. The zero-order valence-corrected chi connectivity index (χ0v) is 10.0. The summed E-state index contributed by atoms with van der Waals surface area (Å²) in [5.41, 5.74) is 0.290. The zero-order valence-electron chi connectivity index (χ0n) is 7.67. The van der Waals surface area contributed by atoms with Crippen LogP contribution in [-0.2, 0) is 0 Å². The lowest BCUT2D eigenvalue weighted by Gasteiger charge is -2.09. The molecule has 0 fully saturated rings. The van der Waals surface area contributed by atoms with Gasteiger partial charge in [0.1, 0.15) is 0 Å². The summed E-state index contributed by atoms with van der Waals surface area (Å²) in [6.45, 7) is 0.109. The van der Waals surface area contributed by atoms with Crippen LogP contribution < -0.4 is 14.2 Å². The van der Waals surface area contributed by atoms with Gasteiger partial charge in [-0.2, -0.15) is 0 Å². The van der Waals surface area contributed by atoms with E-state index >= 15 is 0 Å². The van der Waals surface area contributed by atoms with Crippen molar-refractivity contribution in [2.24, 2.45) is 0 Å². The van der Waals surface area contributed by atoms with Gasteiger partial charge < -0.3 is 14.2 Å². The van der Waals surface area contributed by atoms with Gasteiger partial charge in [0.15, 0.2) is 11.5 Å². The molecule has 1 aliphatic heterocycles. The van der Waals surface area contributed by atoms with Crippen LogP contribution in [0.4, 0.5) is 0 Å². The van der Waals surface area contributed by atoms with E-state index in [0.29, 0.717) is 21.7 Å². The molecule has 0 aromatic heterocycles. The molecular formula is C9H6BrClO4. The Morgan fingerprint density at radius 1 is 1.60 bits per heavy atom. The lowest BCUT2D eigenvalue weighted by atomic mass is 10.2. The molecule has 0 saturated carbocycles. The molecule has 1 aromatic carbocycles. The Labute approximate surface area is 99.2 Å². The van der Waals surface area contributed by atoms with Crippen LogP contribution in [0.25, 0.3) is 0 Å².